The Kier molecular flexibility index (Phi) is 3.11. The lowest BCUT2D eigenvalue weighted by molar-refractivity contribution is 0.0971. The number of fused-ring (bicyclic) bond motifs is 2. The van der Waals surface area contributed by atoms with Crippen LogP contribution in [-0.4, -0.2) is 23.5 Å². The lowest BCUT2D eigenvalue weighted by Crippen LogP contribution is -2.14. The molecule has 0 unspecified atom stereocenters. The second-order valence-electron chi connectivity index (χ2n) is 5.78. The van der Waals surface area contributed by atoms with Crippen LogP contribution in [0.4, 0.5) is 5.69 Å². The van der Waals surface area contributed by atoms with Crippen LogP contribution >= 0.6 is 0 Å². The number of aryl methyl sites for hydroxylation is 1. The Balaban J connectivity index is 1.61. The first-order chi connectivity index (χ1) is 11.1. The summed E-state index contributed by atoms with van der Waals surface area (Å²) in [6, 6.07) is 5.24. The van der Waals surface area contributed by atoms with Crippen LogP contribution in [0.15, 0.2) is 18.2 Å². The lowest BCUT2D eigenvalue weighted by atomic mass is 9.94. The Morgan fingerprint density at radius 1 is 1.22 bits per heavy atom. The average molecular weight is 312 g/mol. The molecule has 4 rings (SSSR count). The number of anilines is 1. The largest absolute Gasteiger partial charge is 0.454 e. The maximum atomic E-state index is 12.5. The van der Waals surface area contributed by atoms with Gasteiger partial charge in [0.15, 0.2) is 17.3 Å². The van der Waals surface area contributed by atoms with Crippen LogP contribution in [0.2, 0.25) is 0 Å². The fourth-order valence-corrected chi connectivity index (χ4v) is 3.17. The minimum atomic E-state index is -0.261. The Morgan fingerprint density at radius 3 is 2.87 bits per heavy atom. The van der Waals surface area contributed by atoms with Gasteiger partial charge in [-0.25, -0.2) is 0 Å². The molecular weight excluding hydrogens is 296 g/mol. The monoisotopic (exact) mass is 312 g/mol. The standard InChI is InChI=1S/C17H16N2O4/c1-9-15-11(3-2-4-12(15)20)19-16(9)17(21)18-10-5-6-13-14(7-10)23-8-22-13/h5-7,19H,2-4,8H2,1H3,(H,18,21). The van der Waals surface area contributed by atoms with Gasteiger partial charge in [-0.2, -0.15) is 0 Å². The fourth-order valence-electron chi connectivity index (χ4n) is 3.17. The summed E-state index contributed by atoms with van der Waals surface area (Å²) in [5.74, 6) is 1.13. The van der Waals surface area contributed by atoms with E-state index < -0.39 is 0 Å². The SMILES string of the molecule is Cc1c(C(=O)Nc2ccc3c(c2)OCO3)[nH]c2c1C(=O)CCC2. The number of hydrogen-bond acceptors (Lipinski definition) is 4. The van der Waals surface area contributed by atoms with Crippen molar-refractivity contribution in [3.05, 3.63) is 40.7 Å². The van der Waals surface area contributed by atoms with Gasteiger partial charge in [0.2, 0.25) is 6.79 Å². The number of rotatable bonds is 2. The Labute approximate surface area is 132 Å². The molecule has 1 aromatic carbocycles. The minimum Gasteiger partial charge on any atom is -0.454 e. The molecule has 2 heterocycles. The molecule has 0 saturated carbocycles. The van der Waals surface area contributed by atoms with Crippen molar-refractivity contribution in [1.29, 1.82) is 0 Å². The molecule has 1 amide bonds. The summed E-state index contributed by atoms with van der Waals surface area (Å²) in [5, 5.41) is 2.84. The van der Waals surface area contributed by atoms with Gasteiger partial charge in [0.05, 0.1) is 0 Å². The van der Waals surface area contributed by atoms with E-state index in [-0.39, 0.29) is 18.5 Å². The first kappa shape index (κ1) is 13.9. The summed E-state index contributed by atoms with van der Waals surface area (Å²) >= 11 is 0. The number of aromatic amines is 1. The predicted molar refractivity (Wildman–Crippen MR) is 83.3 cm³/mol. The number of ketones is 1. The number of carbonyl (C=O) groups is 2. The summed E-state index contributed by atoms with van der Waals surface area (Å²) in [5.41, 5.74) is 3.35. The van der Waals surface area contributed by atoms with E-state index in [1.807, 2.05) is 6.92 Å². The van der Waals surface area contributed by atoms with Crippen LogP contribution in [0.25, 0.3) is 0 Å². The highest BCUT2D eigenvalue weighted by Crippen LogP contribution is 2.34. The summed E-state index contributed by atoms with van der Waals surface area (Å²) in [6.45, 7) is 2.00. The number of carbonyl (C=O) groups excluding carboxylic acids is 2. The Morgan fingerprint density at radius 2 is 2.04 bits per heavy atom. The zero-order valence-electron chi connectivity index (χ0n) is 12.7. The van der Waals surface area contributed by atoms with Crippen molar-refractivity contribution in [2.24, 2.45) is 0 Å². The predicted octanol–water partition coefficient (Wildman–Crippen LogP) is 2.82. The van der Waals surface area contributed by atoms with E-state index in [0.29, 0.717) is 34.9 Å². The minimum absolute atomic E-state index is 0.113. The van der Waals surface area contributed by atoms with Crippen molar-refractivity contribution in [2.45, 2.75) is 26.2 Å². The maximum absolute atomic E-state index is 12.5. The summed E-state index contributed by atoms with van der Waals surface area (Å²) in [6.07, 6.45) is 2.18. The van der Waals surface area contributed by atoms with Crippen LogP contribution in [0, 0.1) is 6.92 Å². The molecule has 0 spiro atoms. The van der Waals surface area contributed by atoms with E-state index >= 15 is 0 Å². The number of benzene rings is 1. The molecule has 1 aromatic heterocycles. The number of hydrogen-bond donors (Lipinski definition) is 2. The number of aromatic nitrogens is 1. The van der Waals surface area contributed by atoms with E-state index in [1.54, 1.807) is 18.2 Å². The summed E-state index contributed by atoms with van der Waals surface area (Å²) < 4.78 is 10.6. The molecule has 0 atom stereocenters. The van der Waals surface area contributed by atoms with E-state index in [4.69, 9.17) is 9.47 Å². The quantitative estimate of drug-likeness (QED) is 0.893. The van der Waals surface area contributed by atoms with Gasteiger partial charge in [0.1, 0.15) is 5.69 Å². The maximum Gasteiger partial charge on any atom is 0.272 e. The van der Waals surface area contributed by atoms with Crippen molar-refractivity contribution in [3.63, 3.8) is 0 Å². The van der Waals surface area contributed by atoms with E-state index in [9.17, 15) is 9.59 Å². The molecule has 0 bridgehead atoms. The number of nitrogens with one attached hydrogen (secondary N) is 2. The summed E-state index contributed by atoms with van der Waals surface area (Å²) in [4.78, 5) is 27.7. The fraction of sp³-hybridized carbons (Fsp3) is 0.294. The van der Waals surface area contributed by atoms with Gasteiger partial charge >= 0.3 is 0 Å². The third-order valence-electron chi connectivity index (χ3n) is 4.29. The molecular formula is C17H16N2O4. The van der Waals surface area contributed by atoms with Gasteiger partial charge in [0, 0.05) is 29.4 Å². The first-order valence-electron chi connectivity index (χ1n) is 7.59. The van der Waals surface area contributed by atoms with E-state index in [0.717, 1.165) is 24.1 Å². The third kappa shape index (κ3) is 2.27. The number of Topliss-reactive ketones (excluding diaryl/α,β-unsaturated/α-hetero) is 1. The van der Waals surface area contributed by atoms with Crippen LogP contribution in [-0.2, 0) is 6.42 Å². The van der Waals surface area contributed by atoms with Crippen molar-refractivity contribution in [2.75, 3.05) is 12.1 Å². The number of H-pyrrole nitrogens is 1. The molecule has 2 aliphatic rings. The molecule has 6 nitrogen and oxygen atoms in total. The van der Waals surface area contributed by atoms with Gasteiger partial charge in [-0.15, -0.1) is 0 Å². The van der Waals surface area contributed by atoms with Crippen LogP contribution in [0.1, 0.15) is 44.9 Å². The topological polar surface area (TPSA) is 80.4 Å². The van der Waals surface area contributed by atoms with Crippen molar-refractivity contribution in [1.82, 2.24) is 4.98 Å². The second kappa shape index (κ2) is 5.15. The molecule has 0 fully saturated rings. The van der Waals surface area contributed by atoms with Gasteiger partial charge in [-0.05, 0) is 37.5 Å². The average Bonchev–Trinajstić information content (AvgIpc) is 3.12. The van der Waals surface area contributed by atoms with Crippen LogP contribution in [0.3, 0.4) is 0 Å². The third-order valence-corrected chi connectivity index (χ3v) is 4.29. The number of amides is 1. The summed E-state index contributed by atoms with van der Waals surface area (Å²) in [7, 11) is 0. The molecule has 1 aliphatic carbocycles. The highest BCUT2D eigenvalue weighted by molar-refractivity contribution is 6.08. The highest BCUT2D eigenvalue weighted by Gasteiger charge is 2.26. The number of ether oxygens (including phenoxy) is 2. The second-order valence-corrected chi connectivity index (χ2v) is 5.78. The molecule has 0 radical (unpaired) electrons. The lowest BCUT2D eigenvalue weighted by Gasteiger charge is -2.09. The Bertz CT molecular complexity index is 822. The van der Waals surface area contributed by atoms with Gasteiger partial charge in [0.25, 0.3) is 5.91 Å². The zero-order valence-corrected chi connectivity index (χ0v) is 12.7. The van der Waals surface area contributed by atoms with E-state index in [1.165, 1.54) is 0 Å². The smallest absolute Gasteiger partial charge is 0.272 e. The molecule has 1 aliphatic heterocycles. The van der Waals surface area contributed by atoms with Gasteiger partial charge in [-0.1, -0.05) is 0 Å². The van der Waals surface area contributed by atoms with E-state index in [2.05, 4.69) is 10.3 Å². The molecule has 2 aromatic rings. The molecule has 23 heavy (non-hydrogen) atoms. The van der Waals surface area contributed by atoms with Crippen molar-refractivity contribution in [3.8, 4) is 11.5 Å². The normalized spacial score (nSPS) is 15.4. The molecule has 118 valence electrons. The Hall–Kier alpha value is -2.76. The van der Waals surface area contributed by atoms with Gasteiger partial charge < -0.3 is 19.8 Å². The first-order valence-corrected chi connectivity index (χ1v) is 7.59. The highest BCUT2D eigenvalue weighted by atomic mass is 16.7. The molecule has 0 saturated heterocycles. The molecule has 6 heteroatoms. The zero-order chi connectivity index (χ0) is 16.0. The van der Waals surface area contributed by atoms with Crippen LogP contribution < -0.4 is 14.8 Å². The van der Waals surface area contributed by atoms with Crippen molar-refractivity contribution >= 4 is 17.4 Å². The van der Waals surface area contributed by atoms with Gasteiger partial charge in [-0.3, -0.25) is 9.59 Å². The molecule has 2 N–H and O–H groups in total. The van der Waals surface area contributed by atoms with Crippen LogP contribution in [0.5, 0.6) is 11.5 Å². The van der Waals surface area contributed by atoms with Crippen molar-refractivity contribution < 1.29 is 19.1 Å².